The zero-order valence-electron chi connectivity index (χ0n) is 6.43. The molecule has 1 aromatic carbocycles. The van der Waals surface area contributed by atoms with Crippen LogP contribution in [0.15, 0.2) is 35.3 Å². The van der Waals surface area contributed by atoms with E-state index in [0.717, 1.165) is 10.0 Å². The highest BCUT2D eigenvalue weighted by Gasteiger charge is 2.05. The third-order valence-electron chi connectivity index (χ3n) is 1.58. The highest BCUT2D eigenvalue weighted by atomic mass is 79.9. The van der Waals surface area contributed by atoms with Crippen LogP contribution in [-0.2, 0) is 0 Å². The topological polar surface area (TPSA) is 26.0 Å². The third-order valence-corrected chi connectivity index (χ3v) is 2.50. The van der Waals surface area contributed by atoms with Crippen LogP contribution in [0, 0.1) is 0 Å². The quantitative estimate of drug-likeness (QED) is 0.796. The molecule has 1 atom stereocenters. The minimum Gasteiger partial charge on any atom is -0.321 e. The Morgan fingerprint density at radius 2 is 2.25 bits per heavy atom. The molecule has 0 saturated carbocycles. The molecule has 0 amide bonds. The smallest absolute Gasteiger partial charge is 0.0489 e. The van der Waals surface area contributed by atoms with E-state index in [1.54, 1.807) is 6.08 Å². The van der Waals surface area contributed by atoms with Crippen molar-refractivity contribution in [2.24, 2.45) is 5.73 Å². The summed E-state index contributed by atoms with van der Waals surface area (Å²) in [6, 6.07) is 5.38. The fourth-order valence-electron chi connectivity index (χ4n) is 0.899. The van der Waals surface area contributed by atoms with Crippen molar-refractivity contribution in [3.8, 4) is 0 Å². The van der Waals surface area contributed by atoms with E-state index in [1.807, 2.05) is 18.2 Å². The van der Waals surface area contributed by atoms with E-state index in [2.05, 4.69) is 22.5 Å². The van der Waals surface area contributed by atoms with E-state index >= 15 is 0 Å². The summed E-state index contributed by atoms with van der Waals surface area (Å²) in [7, 11) is 0. The fourth-order valence-corrected chi connectivity index (χ4v) is 1.85. The van der Waals surface area contributed by atoms with E-state index in [1.165, 1.54) is 0 Å². The molecule has 0 unspecified atom stereocenters. The summed E-state index contributed by atoms with van der Waals surface area (Å²) in [5.41, 5.74) is 6.75. The highest BCUT2D eigenvalue weighted by Crippen LogP contribution is 2.25. The largest absolute Gasteiger partial charge is 0.321 e. The van der Waals surface area contributed by atoms with Gasteiger partial charge in [0.25, 0.3) is 0 Å². The van der Waals surface area contributed by atoms with Gasteiger partial charge >= 0.3 is 0 Å². The third kappa shape index (κ3) is 2.09. The lowest BCUT2D eigenvalue weighted by Crippen LogP contribution is -2.06. The lowest BCUT2D eigenvalue weighted by molar-refractivity contribution is 0.908. The number of rotatable bonds is 2. The number of halogens is 2. The van der Waals surface area contributed by atoms with Gasteiger partial charge in [-0.3, -0.25) is 0 Å². The van der Waals surface area contributed by atoms with Gasteiger partial charge in [-0.15, -0.1) is 6.58 Å². The standard InChI is InChI=1S/C9H9BrClN/c1-2-9(12)7-4-3-6(11)5-8(7)10/h2-5,9H,1,12H2/t9-/m1/s1. The summed E-state index contributed by atoms with van der Waals surface area (Å²) >= 11 is 9.14. The van der Waals surface area contributed by atoms with E-state index < -0.39 is 0 Å². The first-order valence-corrected chi connectivity index (χ1v) is 4.65. The lowest BCUT2D eigenvalue weighted by atomic mass is 10.1. The maximum absolute atomic E-state index is 5.77. The Hall–Kier alpha value is -0.310. The normalized spacial score (nSPS) is 12.6. The van der Waals surface area contributed by atoms with Crippen LogP contribution < -0.4 is 5.73 Å². The lowest BCUT2D eigenvalue weighted by Gasteiger charge is -2.08. The van der Waals surface area contributed by atoms with E-state index in [4.69, 9.17) is 17.3 Å². The van der Waals surface area contributed by atoms with Gasteiger partial charge < -0.3 is 5.73 Å². The monoisotopic (exact) mass is 245 g/mol. The van der Waals surface area contributed by atoms with Crippen LogP contribution in [0.25, 0.3) is 0 Å². The number of nitrogens with two attached hydrogens (primary N) is 1. The van der Waals surface area contributed by atoms with E-state index in [9.17, 15) is 0 Å². The fraction of sp³-hybridized carbons (Fsp3) is 0.111. The van der Waals surface area contributed by atoms with Crippen LogP contribution in [0.3, 0.4) is 0 Å². The van der Waals surface area contributed by atoms with E-state index in [0.29, 0.717) is 5.02 Å². The number of hydrogen-bond donors (Lipinski definition) is 1. The number of benzene rings is 1. The minimum atomic E-state index is -0.142. The van der Waals surface area contributed by atoms with Gasteiger partial charge in [0, 0.05) is 15.5 Å². The van der Waals surface area contributed by atoms with Crippen LogP contribution in [-0.4, -0.2) is 0 Å². The van der Waals surface area contributed by atoms with Crippen molar-refractivity contribution in [2.75, 3.05) is 0 Å². The van der Waals surface area contributed by atoms with Crippen LogP contribution in [0.4, 0.5) is 0 Å². The zero-order chi connectivity index (χ0) is 9.14. The van der Waals surface area contributed by atoms with Gasteiger partial charge in [0.2, 0.25) is 0 Å². The molecule has 0 aliphatic rings. The van der Waals surface area contributed by atoms with Gasteiger partial charge in [-0.25, -0.2) is 0 Å². The SMILES string of the molecule is C=C[C@@H](N)c1ccc(Cl)cc1Br. The summed E-state index contributed by atoms with van der Waals surface area (Å²) in [5.74, 6) is 0. The van der Waals surface area contributed by atoms with Gasteiger partial charge in [-0.2, -0.15) is 0 Å². The molecular formula is C9H9BrClN. The molecule has 0 bridgehead atoms. The molecule has 1 aromatic rings. The van der Waals surface area contributed by atoms with Crippen molar-refractivity contribution in [2.45, 2.75) is 6.04 Å². The van der Waals surface area contributed by atoms with Crippen LogP contribution in [0.5, 0.6) is 0 Å². The average molecular weight is 247 g/mol. The van der Waals surface area contributed by atoms with E-state index in [-0.39, 0.29) is 6.04 Å². The molecule has 2 N–H and O–H groups in total. The Balaban J connectivity index is 3.09. The molecule has 0 spiro atoms. The summed E-state index contributed by atoms with van der Waals surface area (Å²) in [6.07, 6.45) is 1.69. The van der Waals surface area contributed by atoms with Gasteiger partial charge in [-0.1, -0.05) is 39.7 Å². The first kappa shape index (κ1) is 9.78. The second-order valence-corrected chi connectivity index (χ2v) is 3.72. The Labute approximate surface area is 85.3 Å². The average Bonchev–Trinajstić information content (AvgIpc) is 2.03. The predicted octanol–water partition coefficient (Wildman–Crippen LogP) is 3.29. The minimum absolute atomic E-state index is 0.142. The maximum Gasteiger partial charge on any atom is 0.0489 e. The Morgan fingerprint density at radius 3 is 2.75 bits per heavy atom. The molecular weight excluding hydrogens is 237 g/mol. The highest BCUT2D eigenvalue weighted by molar-refractivity contribution is 9.10. The summed E-state index contributed by atoms with van der Waals surface area (Å²) in [6.45, 7) is 3.62. The summed E-state index contributed by atoms with van der Waals surface area (Å²) in [4.78, 5) is 0. The molecule has 0 radical (unpaired) electrons. The predicted molar refractivity (Wildman–Crippen MR) is 56.3 cm³/mol. The molecule has 0 saturated heterocycles. The van der Waals surface area contributed by atoms with Crippen molar-refractivity contribution in [3.63, 3.8) is 0 Å². The van der Waals surface area contributed by atoms with Gasteiger partial charge in [0.05, 0.1) is 0 Å². The molecule has 0 aromatic heterocycles. The first-order chi connectivity index (χ1) is 5.65. The van der Waals surface area contributed by atoms with Crippen molar-refractivity contribution in [1.82, 2.24) is 0 Å². The second kappa shape index (κ2) is 4.08. The van der Waals surface area contributed by atoms with Crippen molar-refractivity contribution in [3.05, 3.63) is 45.9 Å². The van der Waals surface area contributed by atoms with Crippen molar-refractivity contribution in [1.29, 1.82) is 0 Å². The molecule has 3 heteroatoms. The number of hydrogen-bond acceptors (Lipinski definition) is 1. The molecule has 1 nitrogen and oxygen atoms in total. The van der Waals surface area contributed by atoms with Crippen LogP contribution in [0.1, 0.15) is 11.6 Å². The Bertz CT molecular complexity index is 299. The molecule has 1 rings (SSSR count). The van der Waals surface area contributed by atoms with Crippen LogP contribution >= 0.6 is 27.5 Å². The van der Waals surface area contributed by atoms with Gasteiger partial charge in [-0.05, 0) is 17.7 Å². The van der Waals surface area contributed by atoms with Crippen LogP contribution in [0.2, 0.25) is 5.02 Å². The molecule has 0 fully saturated rings. The van der Waals surface area contributed by atoms with Crippen molar-refractivity contribution >= 4 is 27.5 Å². The van der Waals surface area contributed by atoms with Crippen molar-refractivity contribution < 1.29 is 0 Å². The van der Waals surface area contributed by atoms with Gasteiger partial charge in [0.15, 0.2) is 0 Å². The summed E-state index contributed by atoms with van der Waals surface area (Å²) < 4.78 is 0.919. The van der Waals surface area contributed by atoms with Gasteiger partial charge in [0.1, 0.15) is 0 Å². The molecule has 64 valence electrons. The molecule has 0 aliphatic heterocycles. The Kier molecular flexibility index (Phi) is 3.32. The second-order valence-electron chi connectivity index (χ2n) is 2.43. The molecule has 0 heterocycles. The maximum atomic E-state index is 5.77. The zero-order valence-corrected chi connectivity index (χ0v) is 8.77. The first-order valence-electron chi connectivity index (χ1n) is 3.48. The molecule has 12 heavy (non-hydrogen) atoms. The molecule has 0 aliphatic carbocycles. The summed E-state index contributed by atoms with van der Waals surface area (Å²) in [5, 5.41) is 0.696. The Morgan fingerprint density at radius 1 is 1.58 bits per heavy atom.